The maximum absolute atomic E-state index is 3.21. The van der Waals surface area contributed by atoms with Gasteiger partial charge in [0.15, 0.2) is 0 Å². The third kappa shape index (κ3) is 1.92. The molecule has 1 aromatic carbocycles. The molecule has 2 nitrogen and oxygen atoms in total. The van der Waals surface area contributed by atoms with E-state index < -0.39 is 0 Å². The minimum atomic E-state index is 0.624. The molecule has 0 saturated heterocycles. The molecule has 1 aliphatic rings. The summed E-state index contributed by atoms with van der Waals surface area (Å²) in [7, 11) is 1.99. The lowest BCUT2D eigenvalue weighted by Crippen LogP contribution is -2.29. The topological polar surface area (TPSA) is 15.3 Å². The summed E-state index contributed by atoms with van der Waals surface area (Å²) >= 11 is 0. The van der Waals surface area contributed by atoms with Crippen molar-refractivity contribution in [3.05, 3.63) is 34.4 Å². The van der Waals surface area contributed by atoms with Gasteiger partial charge in [-0.3, -0.25) is 5.43 Å². The van der Waals surface area contributed by atoms with Crippen LogP contribution >= 0.6 is 0 Å². The van der Waals surface area contributed by atoms with E-state index in [9.17, 15) is 0 Å². The van der Waals surface area contributed by atoms with E-state index in [0.29, 0.717) is 5.92 Å². The van der Waals surface area contributed by atoms with Gasteiger partial charge in [0.25, 0.3) is 0 Å². The van der Waals surface area contributed by atoms with Crippen LogP contribution in [0.15, 0.2) is 12.1 Å². The number of nitrogens with one attached hydrogen (secondary N) is 1. The van der Waals surface area contributed by atoms with Gasteiger partial charge in [-0.05, 0) is 42.1 Å². The second-order valence-electron chi connectivity index (χ2n) is 4.71. The average molecular weight is 204 g/mol. The minimum absolute atomic E-state index is 0.624. The van der Waals surface area contributed by atoms with Crippen LogP contribution in [0.1, 0.15) is 42.0 Å². The van der Waals surface area contributed by atoms with Crippen LogP contribution in [-0.2, 0) is 13.1 Å². The van der Waals surface area contributed by atoms with Crippen molar-refractivity contribution in [2.24, 2.45) is 0 Å². The lowest BCUT2D eigenvalue weighted by molar-refractivity contribution is 0.212. The highest BCUT2D eigenvalue weighted by atomic mass is 15.5. The molecule has 0 bridgehead atoms. The minimum Gasteiger partial charge on any atom is -0.258 e. The number of nitrogens with zero attached hydrogens (tertiary/aromatic N) is 1. The lowest BCUT2D eigenvalue weighted by atomic mass is 9.94. The number of hydrazine groups is 1. The molecule has 0 saturated carbocycles. The fourth-order valence-corrected chi connectivity index (χ4v) is 2.37. The van der Waals surface area contributed by atoms with Crippen LogP contribution in [0.3, 0.4) is 0 Å². The Morgan fingerprint density at radius 1 is 1.20 bits per heavy atom. The Hall–Kier alpha value is -0.860. The Morgan fingerprint density at radius 2 is 1.80 bits per heavy atom. The molecular weight excluding hydrogens is 184 g/mol. The van der Waals surface area contributed by atoms with E-state index in [-0.39, 0.29) is 0 Å². The van der Waals surface area contributed by atoms with Crippen molar-refractivity contribution < 1.29 is 0 Å². The molecule has 1 aliphatic heterocycles. The largest absolute Gasteiger partial charge is 0.258 e. The molecule has 1 N–H and O–H groups in total. The normalized spacial score (nSPS) is 16.1. The summed E-state index contributed by atoms with van der Waals surface area (Å²) in [5.41, 5.74) is 9.10. The van der Waals surface area contributed by atoms with Gasteiger partial charge in [-0.2, -0.15) is 0 Å². The first-order chi connectivity index (χ1) is 7.11. The van der Waals surface area contributed by atoms with E-state index in [4.69, 9.17) is 0 Å². The van der Waals surface area contributed by atoms with E-state index in [1.165, 1.54) is 22.3 Å². The predicted octanol–water partition coefficient (Wildman–Crippen LogP) is 2.57. The number of aryl methyl sites for hydroxylation is 1. The molecule has 2 heteroatoms. The zero-order chi connectivity index (χ0) is 11.0. The summed E-state index contributed by atoms with van der Waals surface area (Å²) < 4.78 is 0. The Balaban J connectivity index is 2.36. The SMILES string of the molecule is CNN1Cc2cc(C)c(C(C)C)cc2C1. The van der Waals surface area contributed by atoms with Gasteiger partial charge in [-0.25, -0.2) is 5.01 Å². The molecule has 0 unspecified atom stereocenters. The van der Waals surface area contributed by atoms with Gasteiger partial charge >= 0.3 is 0 Å². The summed E-state index contributed by atoms with van der Waals surface area (Å²) in [6.07, 6.45) is 0. The monoisotopic (exact) mass is 204 g/mol. The number of hydrogen-bond donors (Lipinski definition) is 1. The van der Waals surface area contributed by atoms with E-state index in [0.717, 1.165) is 13.1 Å². The van der Waals surface area contributed by atoms with Crippen LogP contribution in [0.25, 0.3) is 0 Å². The van der Waals surface area contributed by atoms with Crippen molar-refractivity contribution >= 4 is 0 Å². The molecule has 82 valence electrons. The molecule has 0 amide bonds. The fourth-order valence-electron chi connectivity index (χ4n) is 2.37. The first-order valence-electron chi connectivity index (χ1n) is 5.66. The molecule has 0 fully saturated rings. The Bertz CT molecular complexity index is 369. The van der Waals surface area contributed by atoms with Crippen molar-refractivity contribution in [3.8, 4) is 0 Å². The highest BCUT2D eigenvalue weighted by molar-refractivity contribution is 5.41. The van der Waals surface area contributed by atoms with Crippen LogP contribution in [0.2, 0.25) is 0 Å². The van der Waals surface area contributed by atoms with Gasteiger partial charge in [-0.1, -0.05) is 26.0 Å². The van der Waals surface area contributed by atoms with Gasteiger partial charge < -0.3 is 0 Å². The number of hydrogen-bond acceptors (Lipinski definition) is 2. The second-order valence-corrected chi connectivity index (χ2v) is 4.71. The first kappa shape index (κ1) is 10.7. The summed E-state index contributed by atoms with van der Waals surface area (Å²) in [6, 6.07) is 4.73. The van der Waals surface area contributed by atoms with Crippen LogP contribution < -0.4 is 5.43 Å². The van der Waals surface area contributed by atoms with Gasteiger partial charge in [0, 0.05) is 13.1 Å². The summed E-state index contributed by atoms with van der Waals surface area (Å²) in [6.45, 7) is 8.81. The molecular formula is C13H20N2. The van der Waals surface area contributed by atoms with Gasteiger partial charge in [-0.15, -0.1) is 0 Å². The number of fused-ring (bicyclic) bond motifs is 1. The summed E-state index contributed by atoms with van der Waals surface area (Å²) in [5, 5.41) is 2.24. The molecule has 0 radical (unpaired) electrons. The lowest BCUT2D eigenvalue weighted by Gasteiger charge is -2.11. The van der Waals surface area contributed by atoms with Crippen molar-refractivity contribution in [2.45, 2.75) is 39.8 Å². The maximum atomic E-state index is 3.21. The molecule has 0 atom stereocenters. The van der Waals surface area contributed by atoms with E-state index in [2.05, 4.69) is 43.3 Å². The smallest absolute Gasteiger partial charge is 0.0388 e. The Kier molecular flexibility index (Phi) is 2.81. The Morgan fingerprint density at radius 3 is 2.33 bits per heavy atom. The van der Waals surface area contributed by atoms with Crippen LogP contribution in [0.5, 0.6) is 0 Å². The predicted molar refractivity (Wildman–Crippen MR) is 63.6 cm³/mol. The van der Waals surface area contributed by atoms with E-state index >= 15 is 0 Å². The summed E-state index contributed by atoms with van der Waals surface area (Å²) in [4.78, 5) is 0. The second kappa shape index (κ2) is 3.95. The maximum Gasteiger partial charge on any atom is 0.0388 e. The third-order valence-electron chi connectivity index (χ3n) is 3.25. The van der Waals surface area contributed by atoms with Crippen molar-refractivity contribution in [1.29, 1.82) is 0 Å². The van der Waals surface area contributed by atoms with Gasteiger partial charge in [0.2, 0.25) is 0 Å². The fraction of sp³-hybridized carbons (Fsp3) is 0.538. The van der Waals surface area contributed by atoms with E-state index in [1.807, 2.05) is 7.05 Å². The van der Waals surface area contributed by atoms with Crippen LogP contribution in [0, 0.1) is 6.92 Å². The molecule has 0 aliphatic carbocycles. The Labute approximate surface area is 92.3 Å². The first-order valence-corrected chi connectivity index (χ1v) is 5.66. The molecule has 1 aromatic rings. The van der Waals surface area contributed by atoms with Crippen molar-refractivity contribution in [1.82, 2.24) is 10.4 Å². The van der Waals surface area contributed by atoms with Crippen LogP contribution in [-0.4, -0.2) is 12.1 Å². The quantitative estimate of drug-likeness (QED) is 0.796. The van der Waals surface area contributed by atoms with Crippen molar-refractivity contribution in [3.63, 3.8) is 0 Å². The van der Waals surface area contributed by atoms with Gasteiger partial charge in [0.1, 0.15) is 0 Å². The number of benzene rings is 1. The average Bonchev–Trinajstić information content (AvgIpc) is 2.58. The molecule has 0 aromatic heterocycles. The van der Waals surface area contributed by atoms with Crippen LogP contribution in [0.4, 0.5) is 0 Å². The highest BCUT2D eigenvalue weighted by Gasteiger charge is 2.19. The summed E-state index contributed by atoms with van der Waals surface area (Å²) in [5.74, 6) is 0.624. The molecule has 1 heterocycles. The highest BCUT2D eigenvalue weighted by Crippen LogP contribution is 2.28. The molecule has 2 rings (SSSR count). The van der Waals surface area contributed by atoms with E-state index in [1.54, 1.807) is 0 Å². The van der Waals surface area contributed by atoms with Crippen molar-refractivity contribution in [2.75, 3.05) is 7.05 Å². The zero-order valence-electron chi connectivity index (χ0n) is 10.1. The molecule has 15 heavy (non-hydrogen) atoms. The molecule has 0 spiro atoms. The number of rotatable bonds is 2. The zero-order valence-corrected chi connectivity index (χ0v) is 10.1. The standard InChI is InChI=1S/C13H20N2/c1-9(2)13-6-12-8-15(14-4)7-11(12)5-10(13)3/h5-6,9,14H,7-8H2,1-4H3. The van der Waals surface area contributed by atoms with Gasteiger partial charge in [0.05, 0.1) is 0 Å². The third-order valence-corrected chi connectivity index (χ3v) is 3.25.